The molecule has 0 aromatic carbocycles. The molecule has 0 aromatic heterocycles. The summed E-state index contributed by atoms with van der Waals surface area (Å²) >= 11 is 0.914. The van der Waals surface area contributed by atoms with Gasteiger partial charge in [-0.05, 0) is 0 Å². The number of aliphatic hydroxyl groups is 7. The minimum Gasteiger partial charge on any atom is -0.480 e. The highest BCUT2D eigenvalue weighted by Crippen LogP contribution is 2.44. The second-order valence-electron chi connectivity index (χ2n) is 7.09. The number of ether oxygens (including phenoxy) is 3. The second kappa shape index (κ2) is 8.86. The zero-order chi connectivity index (χ0) is 21.5. The third-order valence-corrected chi connectivity index (χ3v) is 6.86. The van der Waals surface area contributed by atoms with E-state index in [4.69, 9.17) is 14.2 Å². The number of hydrogen-bond acceptors (Lipinski definition) is 13. The topological polar surface area (TPSA) is 219 Å². The molecule has 0 bridgehead atoms. The largest absolute Gasteiger partial charge is 0.480 e. The van der Waals surface area contributed by atoms with Gasteiger partial charge in [-0.1, -0.05) is 0 Å². The van der Waals surface area contributed by atoms with Gasteiger partial charge < -0.3 is 55.1 Å². The van der Waals surface area contributed by atoms with Crippen LogP contribution in [0.15, 0.2) is 0 Å². The first-order valence-corrected chi connectivity index (χ1v) is 9.87. The molecule has 0 aromatic rings. The van der Waals surface area contributed by atoms with Gasteiger partial charge in [0.15, 0.2) is 12.6 Å². The Hall–Kier alpha value is -0.620. The number of nitrogens with one attached hydrogen (secondary N) is 1. The summed E-state index contributed by atoms with van der Waals surface area (Å²) in [5.41, 5.74) is 0. The monoisotopic (exact) mass is 443 g/mol. The van der Waals surface area contributed by atoms with E-state index < -0.39 is 85.4 Å². The first-order chi connectivity index (χ1) is 13.7. The lowest BCUT2D eigenvalue weighted by atomic mass is 9.94. The fraction of sp³-hybridized carbons (Fsp3) is 0.933. The van der Waals surface area contributed by atoms with E-state index in [1.165, 1.54) is 0 Å². The Kier molecular flexibility index (Phi) is 7.04. The molecule has 13 nitrogen and oxygen atoms in total. The van der Waals surface area contributed by atoms with Crippen LogP contribution in [0.4, 0.5) is 0 Å². The fourth-order valence-electron chi connectivity index (χ4n) is 3.59. The molecular formula is C15H25NO12S. The van der Waals surface area contributed by atoms with Gasteiger partial charge in [-0.2, -0.15) is 0 Å². The summed E-state index contributed by atoms with van der Waals surface area (Å²) in [6, 6.07) is -1.09. The van der Waals surface area contributed by atoms with Crippen molar-refractivity contribution >= 4 is 17.7 Å². The van der Waals surface area contributed by atoms with Gasteiger partial charge in [0.2, 0.25) is 0 Å². The summed E-state index contributed by atoms with van der Waals surface area (Å²) in [4.78, 5) is 9.63. The molecule has 0 aliphatic carbocycles. The minimum atomic E-state index is -1.77. The predicted octanol–water partition coefficient (Wildman–Crippen LogP) is -5.27. The van der Waals surface area contributed by atoms with Crippen molar-refractivity contribution in [1.82, 2.24) is 5.32 Å². The summed E-state index contributed by atoms with van der Waals surface area (Å²) in [5, 5.41) is 81.8. The van der Waals surface area contributed by atoms with Crippen LogP contribution < -0.4 is 5.32 Å². The van der Waals surface area contributed by atoms with Crippen LogP contribution in [-0.2, 0) is 19.0 Å². The Balaban J connectivity index is 1.81. The van der Waals surface area contributed by atoms with E-state index in [-0.39, 0.29) is 5.75 Å². The van der Waals surface area contributed by atoms with Crippen LogP contribution >= 0.6 is 11.8 Å². The van der Waals surface area contributed by atoms with Gasteiger partial charge in [0, 0.05) is 5.75 Å². The van der Waals surface area contributed by atoms with Gasteiger partial charge in [0.1, 0.15) is 53.6 Å². The van der Waals surface area contributed by atoms with Crippen molar-refractivity contribution in [3.8, 4) is 0 Å². The first-order valence-electron chi connectivity index (χ1n) is 8.89. The Morgan fingerprint density at radius 1 is 0.966 bits per heavy atom. The number of thioether (sulfide) groups is 1. The van der Waals surface area contributed by atoms with Crippen LogP contribution in [0.2, 0.25) is 0 Å². The molecule has 3 aliphatic heterocycles. The zero-order valence-corrected chi connectivity index (χ0v) is 15.8. The number of carboxylic acids is 1. The van der Waals surface area contributed by atoms with E-state index in [0.29, 0.717) is 0 Å². The van der Waals surface area contributed by atoms with E-state index in [9.17, 15) is 45.6 Å². The van der Waals surface area contributed by atoms with E-state index in [2.05, 4.69) is 5.32 Å². The van der Waals surface area contributed by atoms with Gasteiger partial charge >= 0.3 is 5.97 Å². The van der Waals surface area contributed by atoms with Crippen molar-refractivity contribution in [3.05, 3.63) is 0 Å². The van der Waals surface area contributed by atoms with E-state index in [0.717, 1.165) is 11.8 Å². The molecule has 9 N–H and O–H groups in total. The molecule has 14 heteroatoms. The van der Waals surface area contributed by atoms with Gasteiger partial charge in [-0.15, -0.1) is 11.8 Å². The number of rotatable bonds is 5. The van der Waals surface area contributed by atoms with Crippen LogP contribution in [0.3, 0.4) is 0 Å². The first kappa shape index (κ1) is 23.1. The summed E-state index contributed by atoms with van der Waals surface area (Å²) in [7, 11) is 0. The summed E-state index contributed by atoms with van der Waals surface area (Å²) in [6.07, 6.45) is -14.1. The third kappa shape index (κ3) is 4.00. The molecule has 168 valence electrons. The molecule has 0 radical (unpaired) electrons. The molecule has 11 atom stereocenters. The molecule has 3 aliphatic rings. The van der Waals surface area contributed by atoms with Crippen molar-refractivity contribution in [1.29, 1.82) is 0 Å². The molecule has 29 heavy (non-hydrogen) atoms. The van der Waals surface area contributed by atoms with Crippen LogP contribution in [-0.4, -0.2) is 132 Å². The molecule has 3 fully saturated rings. The Labute approximate surface area is 168 Å². The normalized spacial score (nSPS) is 50.7. The van der Waals surface area contributed by atoms with Crippen molar-refractivity contribution < 1.29 is 59.9 Å². The van der Waals surface area contributed by atoms with Crippen molar-refractivity contribution in [3.63, 3.8) is 0 Å². The predicted molar refractivity (Wildman–Crippen MR) is 92.4 cm³/mol. The quantitative estimate of drug-likeness (QED) is 0.194. The highest BCUT2D eigenvalue weighted by atomic mass is 32.2. The lowest BCUT2D eigenvalue weighted by Gasteiger charge is -2.50. The number of aliphatic hydroxyl groups excluding tert-OH is 7. The van der Waals surface area contributed by atoms with Crippen LogP contribution in [0.1, 0.15) is 0 Å². The summed E-state index contributed by atoms with van der Waals surface area (Å²) in [5.74, 6) is -1.19. The zero-order valence-electron chi connectivity index (χ0n) is 15.0. The van der Waals surface area contributed by atoms with Crippen LogP contribution in [0, 0.1) is 0 Å². The van der Waals surface area contributed by atoms with E-state index in [1.807, 2.05) is 0 Å². The highest BCUT2D eigenvalue weighted by molar-refractivity contribution is 8.01. The Morgan fingerprint density at radius 2 is 1.59 bits per heavy atom. The number of carbonyl (C=O) groups is 1. The van der Waals surface area contributed by atoms with Gasteiger partial charge in [-0.3, -0.25) is 10.1 Å². The standard InChI is InChI=1S/C15H25NO12S/c17-1-5-7(19)8(20)9(21)13(26-5)28-14-11(23)15(10(22)6(2-18)27-14)16-4(3-29-15)12(24)25/h4-11,13-14,16-23H,1-3H2,(H,24,25)/t4-,5-,6-,7-,8+,9+,10+,11+,13-,14+,15+/m1/s1. The molecule has 0 amide bonds. The van der Waals surface area contributed by atoms with E-state index in [1.54, 1.807) is 0 Å². The van der Waals surface area contributed by atoms with Crippen LogP contribution in [0.5, 0.6) is 0 Å². The molecular weight excluding hydrogens is 418 g/mol. The number of hydrogen-bond donors (Lipinski definition) is 9. The Morgan fingerprint density at radius 3 is 2.14 bits per heavy atom. The van der Waals surface area contributed by atoms with Crippen LogP contribution in [0.25, 0.3) is 0 Å². The lowest BCUT2D eigenvalue weighted by molar-refractivity contribution is -0.371. The molecule has 3 heterocycles. The maximum atomic E-state index is 11.3. The number of aliphatic carboxylic acids is 1. The lowest BCUT2D eigenvalue weighted by Crippen LogP contribution is -2.72. The summed E-state index contributed by atoms with van der Waals surface area (Å²) < 4.78 is 16.0. The smallest absolute Gasteiger partial charge is 0.321 e. The maximum absolute atomic E-state index is 11.3. The molecule has 0 unspecified atom stereocenters. The van der Waals surface area contributed by atoms with Gasteiger partial charge in [0.25, 0.3) is 0 Å². The van der Waals surface area contributed by atoms with Gasteiger partial charge in [0.05, 0.1) is 13.2 Å². The van der Waals surface area contributed by atoms with Crippen molar-refractivity contribution in [2.75, 3.05) is 19.0 Å². The fourth-order valence-corrected chi connectivity index (χ4v) is 5.09. The second-order valence-corrected chi connectivity index (χ2v) is 8.39. The molecule has 1 spiro atoms. The minimum absolute atomic E-state index is 0.00830. The van der Waals surface area contributed by atoms with E-state index >= 15 is 0 Å². The SMILES string of the molecule is O=C(O)[C@H]1CS[C@]2(N1)[C@@H](O)[C@H](O[C@H]1O[C@H](CO)[C@@H](O)[C@H](O)[C@@H]1O)O[C@H](CO)[C@@H]2O. The molecule has 3 saturated heterocycles. The van der Waals surface area contributed by atoms with Crippen molar-refractivity contribution in [2.24, 2.45) is 0 Å². The van der Waals surface area contributed by atoms with Gasteiger partial charge in [-0.25, -0.2) is 0 Å². The molecule has 0 saturated carbocycles. The molecule has 3 rings (SSSR count). The average molecular weight is 443 g/mol. The average Bonchev–Trinajstić information content (AvgIpc) is 3.15. The number of carboxylic acid groups (broad SMARTS) is 1. The third-order valence-electron chi connectivity index (χ3n) is 5.28. The Bertz CT molecular complexity index is 598. The highest BCUT2D eigenvalue weighted by Gasteiger charge is 2.61. The maximum Gasteiger partial charge on any atom is 0.321 e. The summed E-state index contributed by atoms with van der Waals surface area (Å²) in [6.45, 7) is -1.39. The van der Waals surface area contributed by atoms with Crippen molar-refractivity contribution in [2.45, 2.75) is 66.2 Å².